The first-order valence-corrected chi connectivity index (χ1v) is 5.11. The molecule has 0 saturated carbocycles. The Kier molecular flexibility index (Phi) is 2.76. The van der Waals surface area contributed by atoms with Crippen LogP contribution in [0.5, 0.6) is 0 Å². The summed E-state index contributed by atoms with van der Waals surface area (Å²) >= 11 is 0. The Morgan fingerprint density at radius 3 is 2.69 bits per heavy atom. The molecule has 2 aromatic heterocycles. The number of anilines is 1. The van der Waals surface area contributed by atoms with E-state index in [1.165, 1.54) is 0 Å². The fourth-order valence-corrected chi connectivity index (χ4v) is 1.41. The van der Waals surface area contributed by atoms with Crippen LogP contribution < -0.4 is 5.73 Å². The topological polar surface area (TPSA) is 77.6 Å². The van der Waals surface area contributed by atoms with Crippen LogP contribution in [0.2, 0.25) is 0 Å². The van der Waals surface area contributed by atoms with Gasteiger partial charge in [-0.1, -0.05) is 6.92 Å². The summed E-state index contributed by atoms with van der Waals surface area (Å²) in [6.45, 7) is 3.88. The number of nitrogens with zero attached hydrogens (tertiary/aromatic N) is 4. The largest absolute Gasteiger partial charge is 0.383 e. The molecule has 0 unspecified atom stereocenters. The van der Waals surface area contributed by atoms with E-state index in [4.69, 9.17) is 5.73 Å². The van der Waals surface area contributed by atoms with Crippen molar-refractivity contribution in [2.45, 2.75) is 20.3 Å². The Labute approximate surface area is 93.8 Å². The Morgan fingerprint density at radius 2 is 2.06 bits per heavy atom. The summed E-state index contributed by atoms with van der Waals surface area (Å²) in [5.41, 5.74) is 8.17. The molecule has 0 atom stereocenters. The molecule has 0 aliphatic rings. The molecule has 16 heavy (non-hydrogen) atoms. The molecule has 0 radical (unpaired) electrons. The van der Waals surface area contributed by atoms with E-state index in [1.54, 1.807) is 18.6 Å². The van der Waals surface area contributed by atoms with E-state index in [0.29, 0.717) is 5.82 Å². The second kappa shape index (κ2) is 4.22. The molecule has 0 spiro atoms. The summed E-state index contributed by atoms with van der Waals surface area (Å²) in [4.78, 5) is 16.9. The molecular formula is C11H13N5. The molecule has 0 aliphatic heterocycles. The van der Waals surface area contributed by atoms with E-state index in [0.717, 1.165) is 29.2 Å². The first kappa shape index (κ1) is 10.5. The Bertz CT molecular complexity index is 495. The van der Waals surface area contributed by atoms with Crippen LogP contribution in [0.1, 0.15) is 18.3 Å². The number of aromatic nitrogens is 4. The minimum atomic E-state index is 0.507. The lowest BCUT2D eigenvalue weighted by Crippen LogP contribution is -2.04. The van der Waals surface area contributed by atoms with E-state index in [1.807, 2.05) is 13.8 Å². The average molecular weight is 215 g/mol. The molecule has 2 heterocycles. The van der Waals surface area contributed by atoms with Crippen molar-refractivity contribution in [2.24, 2.45) is 0 Å². The minimum Gasteiger partial charge on any atom is -0.383 e. The van der Waals surface area contributed by atoms with Gasteiger partial charge in [0.1, 0.15) is 17.3 Å². The van der Waals surface area contributed by atoms with Crippen molar-refractivity contribution < 1.29 is 0 Å². The summed E-state index contributed by atoms with van der Waals surface area (Å²) < 4.78 is 0. The van der Waals surface area contributed by atoms with Gasteiger partial charge in [0.05, 0.1) is 11.9 Å². The van der Waals surface area contributed by atoms with Crippen molar-refractivity contribution in [3.8, 4) is 11.4 Å². The first-order chi connectivity index (χ1) is 7.72. The lowest BCUT2D eigenvalue weighted by Gasteiger charge is -2.07. The summed E-state index contributed by atoms with van der Waals surface area (Å²) in [7, 11) is 0. The van der Waals surface area contributed by atoms with Crippen LogP contribution in [0.15, 0.2) is 18.6 Å². The molecule has 2 N–H and O–H groups in total. The summed E-state index contributed by atoms with van der Waals surface area (Å²) in [5.74, 6) is 1.23. The minimum absolute atomic E-state index is 0.507. The highest BCUT2D eigenvalue weighted by molar-refractivity contribution is 5.63. The van der Waals surface area contributed by atoms with Gasteiger partial charge in [-0.2, -0.15) is 0 Å². The molecule has 2 aromatic rings. The molecule has 0 aromatic carbocycles. The zero-order valence-corrected chi connectivity index (χ0v) is 9.31. The van der Waals surface area contributed by atoms with Crippen LogP contribution in [0.3, 0.4) is 0 Å². The lowest BCUT2D eigenvalue weighted by molar-refractivity contribution is 0.936. The van der Waals surface area contributed by atoms with E-state index in [9.17, 15) is 0 Å². The van der Waals surface area contributed by atoms with Gasteiger partial charge in [-0.05, 0) is 6.92 Å². The van der Waals surface area contributed by atoms with Crippen LogP contribution in [-0.4, -0.2) is 19.9 Å². The molecule has 0 fully saturated rings. The van der Waals surface area contributed by atoms with Crippen LogP contribution in [-0.2, 0) is 6.42 Å². The monoisotopic (exact) mass is 215 g/mol. The highest BCUT2D eigenvalue weighted by atomic mass is 15.0. The van der Waals surface area contributed by atoms with Crippen LogP contribution >= 0.6 is 0 Å². The van der Waals surface area contributed by atoms with Gasteiger partial charge >= 0.3 is 0 Å². The predicted molar refractivity (Wildman–Crippen MR) is 61.6 cm³/mol. The van der Waals surface area contributed by atoms with Crippen molar-refractivity contribution in [3.05, 3.63) is 30.0 Å². The number of hydrogen-bond donors (Lipinski definition) is 1. The maximum atomic E-state index is 5.84. The number of hydrogen-bond acceptors (Lipinski definition) is 5. The highest BCUT2D eigenvalue weighted by Crippen LogP contribution is 2.21. The standard InChI is InChI=1S/C11H13N5/c1-3-9-15-10(7(2)11(12)16-9)8-6-13-4-5-14-8/h4-6H,3H2,1-2H3,(H2,12,15,16). The Balaban J connectivity index is 2.60. The maximum Gasteiger partial charge on any atom is 0.131 e. The number of nitrogens with two attached hydrogens (primary N) is 1. The van der Waals surface area contributed by atoms with Crippen molar-refractivity contribution >= 4 is 5.82 Å². The van der Waals surface area contributed by atoms with Gasteiger partial charge in [-0.15, -0.1) is 0 Å². The third kappa shape index (κ3) is 1.84. The average Bonchev–Trinajstić information content (AvgIpc) is 2.33. The van der Waals surface area contributed by atoms with Crippen molar-refractivity contribution in [3.63, 3.8) is 0 Å². The van der Waals surface area contributed by atoms with E-state index in [-0.39, 0.29) is 0 Å². The lowest BCUT2D eigenvalue weighted by atomic mass is 10.2. The summed E-state index contributed by atoms with van der Waals surface area (Å²) in [6.07, 6.45) is 5.69. The molecule has 2 rings (SSSR count). The van der Waals surface area contributed by atoms with Gasteiger partial charge in [0.25, 0.3) is 0 Å². The zero-order chi connectivity index (χ0) is 11.5. The fourth-order valence-electron chi connectivity index (χ4n) is 1.41. The molecule has 5 nitrogen and oxygen atoms in total. The van der Waals surface area contributed by atoms with Gasteiger partial charge in [0.15, 0.2) is 0 Å². The molecule has 0 saturated heterocycles. The number of nitrogen functional groups attached to an aromatic ring is 1. The van der Waals surface area contributed by atoms with Crippen LogP contribution in [0.4, 0.5) is 5.82 Å². The molecule has 5 heteroatoms. The molecule has 82 valence electrons. The van der Waals surface area contributed by atoms with Gasteiger partial charge in [0, 0.05) is 24.4 Å². The van der Waals surface area contributed by atoms with Crippen molar-refractivity contribution in [1.82, 2.24) is 19.9 Å². The molecule has 0 aliphatic carbocycles. The van der Waals surface area contributed by atoms with E-state index in [2.05, 4.69) is 19.9 Å². The quantitative estimate of drug-likeness (QED) is 0.819. The van der Waals surface area contributed by atoms with Gasteiger partial charge in [-0.3, -0.25) is 9.97 Å². The van der Waals surface area contributed by atoms with Crippen molar-refractivity contribution in [2.75, 3.05) is 5.73 Å². The molecular weight excluding hydrogens is 202 g/mol. The number of aryl methyl sites for hydroxylation is 1. The second-order valence-electron chi connectivity index (χ2n) is 3.44. The normalized spacial score (nSPS) is 10.4. The summed E-state index contributed by atoms with van der Waals surface area (Å²) in [6, 6.07) is 0. The molecule has 0 amide bonds. The van der Waals surface area contributed by atoms with Gasteiger partial charge in [-0.25, -0.2) is 9.97 Å². The zero-order valence-electron chi connectivity index (χ0n) is 9.31. The Morgan fingerprint density at radius 1 is 1.25 bits per heavy atom. The smallest absolute Gasteiger partial charge is 0.131 e. The van der Waals surface area contributed by atoms with E-state index < -0.39 is 0 Å². The predicted octanol–water partition coefficient (Wildman–Crippen LogP) is 1.39. The highest BCUT2D eigenvalue weighted by Gasteiger charge is 2.10. The summed E-state index contributed by atoms with van der Waals surface area (Å²) in [5, 5.41) is 0. The third-order valence-electron chi connectivity index (χ3n) is 2.35. The maximum absolute atomic E-state index is 5.84. The Hall–Kier alpha value is -2.04. The van der Waals surface area contributed by atoms with E-state index >= 15 is 0 Å². The third-order valence-corrected chi connectivity index (χ3v) is 2.35. The van der Waals surface area contributed by atoms with Crippen molar-refractivity contribution in [1.29, 1.82) is 0 Å². The van der Waals surface area contributed by atoms with Gasteiger partial charge < -0.3 is 5.73 Å². The SMILES string of the molecule is CCc1nc(N)c(C)c(-c2cnccn2)n1. The second-order valence-corrected chi connectivity index (χ2v) is 3.44. The fraction of sp³-hybridized carbons (Fsp3) is 0.273. The number of rotatable bonds is 2. The first-order valence-electron chi connectivity index (χ1n) is 5.11. The van der Waals surface area contributed by atoms with Crippen LogP contribution in [0, 0.1) is 6.92 Å². The van der Waals surface area contributed by atoms with Crippen LogP contribution in [0.25, 0.3) is 11.4 Å². The van der Waals surface area contributed by atoms with Gasteiger partial charge in [0.2, 0.25) is 0 Å². The molecule has 0 bridgehead atoms.